The van der Waals surface area contributed by atoms with Crippen molar-refractivity contribution < 1.29 is 167 Å². The van der Waals surface area contributed by atoms with E-state index in [1.54, 1.807) is 0 Å². The summed E-state index contributed by atoms with van der Waals surface area (Å²) in [5.74, 6) is -34.4. The number of esters is 15. The van der Waals surface area contributed by atoms with Crippen molar-refractivity contribution in [1.82, 2.24) is 0 Å². The van der Waals surface area contributed by atoms with Crippen molar-refractivity contribution in [3.05, 3.63) is 66.7 Å². The maximum absolute atomic E-state index is 13.3. The van der Waals surface area contributed by atoms with E-state index in [0.29, 0.717) is 0 Å². The van der Waals surface area contributed by atoms with Crippen molar-refractivity contribution in [1.29, 1.82) is 0 Å². The molecule has 530 valence electrons. The zero-order valence-corrected chi connectivity index (χ0v) is 55.6. The molecule has 6 rings (SSSR count). The van der Waals surface area contributed by atoms with Crippen LogP contribution in [0.2, 0.25) is 0 Å². The normalized spacial score (nSPS) is 10.3. The maximum atomic E-state index is 13.3. The predicted molar refractivity (Wildman–Crippen MR) is 329 cm³/mol. The van der Waals surface area contributed by atoms with Crippen LogP contribution in [0.15, 0.2) is 66.7 Å². The van der Waals surface area contributed by atoms with Gasteiger partial charge in [0.1, 0.15) is 34.5 Å². The Morgan fingerprint density at radius 1 is 0.149 bits per heavy atom. The summed E-state index contributed by atoms with van der Waals surface area (Å²) in [7, 11) is 0. The van der Waals surface area contributed by atoms with Gasteiger partial charge in [0.25, 0.3) is 0 Å². The highest BCUT2D eigenvalue weighted by Crippen LogP contribution is 2.59. The molecule has 0 spiro atoms. The first-order valence-corrected chi connectivity index (χ1v) is 28.6. The third kappa shape index (κ3) is 22.2. The highest BCUT2D eigenvalue weighted by molar-refractivity contribution is 5.86. The highest BCUT2D eigenvalue weighted by Gasteiger charge is 2.35. The summed E-state index contributed by atoms with van der Waals surface area (Å²) in [6.07, 6.45) is 0. The number of benzene rings is 6. The minimum absolute atomic E-state index is 0.325. The van der Waals surface area contributed by atoms with Crippen molar-refractivity contribution >= 4 is 89.5 Å². The van der Waals surface area contributed by atoms with Gasteiger partial charge in [-0.15, -0.1) is 0 Å². The molecule has 0 fully saturated rings. The molecule has 35 nitrogen and oxygen atoms in total. The molecule has 0 aliphatic heterocycles. The van der Waals surface area contributed by atoms with E-state index in [9.17, 15) is 71.9 Å². The third-order valence-corrected chi connectivity index (χ3v) is 11.0. The van der Waals surface area contributed by atoms with Gasteiger partial charge in [-0.1, -0.05) is 0 Å². The van der Waals surface area contributed by atoms with Crippen LogP contribution < -0.4 is 94.7 Å². The summed E-state index contributed by atoms with van der Waals surface area (Å²) in [4.78, 5) is 192. The van der Waals surface area contributed by atoms with Gasteiger partial charge in [-0.05, 0) is 0 Å². The molecule has 0 bridgehead atoms. The van der Waals surface area contributed by atoms with Crippen LogP contribution in [0.3, 0.4) is 0 Å². The van der Waals surface area contributed by atoms with Gasteiger partial charge in [0, 0.05) is 171 Å². The lowest BCUT2D eigenvalue weighted by molar-refractivity contribution is -0.135. The van der Waals surface area contributed by atoms with E-state index in [1.807, 2.05) is 0 Å². The molecule has 0 aromatic heterocycles. The van der Waals surface area contributed by atoms with Crippen molar-refractivity contribution in [2.75, 3.05) is 0 Å². The Morgan fingerprint density at radius 3 is 0.554 bits per heavy atom. The first-order chi connectivity index (χ1) is 47.3. The van der Waals surface area contributed by atoms with Crippen molar-refractivity contribution in [2.24, 2.45) is 0 Å². The van der Waals surface area contributed by atoms with E-state index in [4.69, 9.17) is 94.7 Å². The fourth-order valence-corrected chi connectivity index (χ4v) is 8.23. The standard InChI is InChI=1S/C66H56O35/c1-27(67)82-42-16-43(83-28(2)68)18-44(17-42)98-63-56(25-54(91-36(10)76)61(93-38(12)78)65(63)95-40(14)80)100-60-52(89-34(8)74)23-47(24-53(60)90-35(9)75)99-64-57(26-55(92-37(11)77)62(94-39(13)79)66(64)96-41(15)81)101-59-50(87-32(6)72)21-46(22-51(59)88-33(7)73)97-58-48(85-30(4)70)19-45(84-29(3)69)20-49(58)86-31(5)71/h16-26H,1-15H3. The number of rotatable bonds is 25. The summed E-state index contributed by atoms with van der Waals surface area (Å²) in [5.41, 5.74) is 0. The van der Waals surface area contributed by atoms with Crippen molar-refractivity contribution in [2.45, 2.75) is 104 Å². The predicted octanol–water partition coefficient (Wildman–Crippen LogP) is 9.53. The molecular formula is C66H56O35. The largest absolute Gasteiger partial charge is 0.449 e. The molecule has 35 heteroatoms. The Labute approximate surface area is 568 Å². The Morgan fingerprint density at radius 2 is 0.317 bits per heavy atom. The summed E-state index contributed by atoms with van der Waals surface area (Å²) in [5, 5.41) is 0. The van der Waals surface area contributed by atoms with Crippen molar-refractivity contribution in [3.8, 4) is 144 Å². The minimum atomic E-state index is -1.25. The molecule has 101 heavy (non-hydrogen) atoms. The van der Waals surface area contributed by atoms with Gasteiger partial charge >= 0.3 is 89.5 Å². The fraction of sp³-hybridized carbons (Fsp3) is 0.227. The van der Waals surface area contributed by atoms with Gasteiger partial charge in [-0.2, -0.15) is 0 Å². The molecule has 6 aromatic rings. The monoisotopic (exact) mass is 1410 g/mol. The lowest BCUT2D eigenvalue weighted by atomic mass is 10.2. The molecule has 0 saturated heterocycles. The summed E-state index contributed by atoms with van der Waals surface area (Å²) >= 11 is 0. The van der Waals surface area contributed by atoms with Gasteiger partial charge in [0.15, 0.2) is 57.5 Å². The SMILES string of the molecule is CC(=O)Oc1cc(OC(C)=O)cc(Oc2c(Oc3c(OC(C)=O)cc(Oc4c(Oc5c(OC(C)=O)cc(Oc6c(OC(C)=O)cc(OC(C)=O)cc6OC(C)=O)cc5OC(C)=O)cc(OC(C)=O)c(OC(C)=O)c4OC(C)=O)cc3OC(C)=O)cc(OC(C)=O)c(OC(C)=O)c2OC(C)=O)c1. The number of hydrogen-bond donors (Lipinski definition) is 0. The molecule has 0 radical (unpaired) electrons. The zero-order valence-electron chi connectivity index (χ0n) is 55.6. The third-order valence-electron chi connectivity index (χ3n) is 11.0. The highest BCUT2D eigenvalue weighted by atomic mass is 16.6. The Kier molecular flexibility index (Phi) is 25.2. The molecule has 0 amide bonds. The minimum Gasteiger partial charge on any atom is -0.449 e. The van der Waals surface area contributed by atoms with Gasteiger partial charge in [0.2, 0.25) is 51.7 Å². The van der Waals surface area contributed by atoms with E-state index in [1.165, 1.54) is 0 Å². The molecule has 0 N–H and O–H groups in total. The molecule has 0 aliphatic rings. The average molecular weight is 1410 g/mol. The molecule has 0 aliphatic carbocycles. The molecule has 0 saturated carbocycles. The molecular weight excluding hydrogens is 1350 g/mol. The Hall–Kier alpha value is -13.6. The summed E-state index contributed by atoms with van der Waals surface area (Å²) < 4.78 is 113. The zero-order chi connectivity index (χ0) is 75.0. The van der Waals surface area contributed by atoms with Crippen LogP contribution >= 0.6 is 0 Å². The lowest BCUT2D eigenvalue weighted by Crippen LogP contribution is -2.13. The molecule has 0 heterocycles. The van der Waals surface area contributed by atoms with Crippen LogP contribution in [-0.2, 0) is 71.9 Å². The van der Waals surface area contributed by atoms with Crippen LogP contribution in [0.1, 0.15) is 104 Å². The first kappa shape index (κ1) is 76.4. The quantitative estimate of drug-likeness (QED) is 0.0380. The molecule has 6 aromatic carbocycles. The second-order valence-electron chi connectivity index (χ2n) is 20.0. The lowest BCUT2D eigenvalue weighted by Gasteiger charge is -2.23. The van der Waals surface area contributed by atoms with Crippen LogP contribution in [-0.4, -0.2) is 89.5 Å². The topological polar surface area (TPSA) is 441 Å². The Balaban J connectivity index is 1.73. The van der Waals surface area contributed by atoms with Gasteiger partial charge in [-0.25, -0.2) is 0 Å². The van der Waals surface area contributed by atoms with Crippen LogP contribution in [0.4, 0.5) is 0 Å². The van der Waals surface area contributed by atoms with E-state index < -0.39 is 216 Å². The van der Waals surface area contributed by atoms with Crippen molar-refractivity contribution in [3.63, 3.8) is 0 Å². The number of hydrogen-bond acceptors (Lipinski definition) is 35. The second-order valence-corrected chi connectivity index (χ2v) is 20.0. The summed E-state index contributed by atoms with van der Waals surface area (Å²) in [6.45, 7) is 13.8. The number of carbonyl (C=O) groups excluding carboxylic acids is 15. The second kappa shape index (κ2) is 33.4. The van der Waals surface area contributed by atoms with Gasteiger partial charge in [0.05, 0.1) is 0 Å². The fourth-order valence-electron chi connectivity index (χ4n) is 8.23. The van der Waals surface area contributed by atoms with E-state index >= 15 is 0 Å². The van der Waals surface area contributed by atoms with Gasteiger partial charge in [-0.3, -0.25) is 71.9 Å². The maximum Gasteiger partial charge on any atom is 0.308 e. The van der Waals surface area contributed by atoms with Crippen LogP contribution in [0, 0.1) is 0 Å². The molecule has 0 unspecified atom stereocenters. The average Bonchev–Trinajstić information content (AvgIpc) is 0.778. The number of ether oxygens (including phenoxy) is 20. The van der Waals surface area contributed by atoms with Gasteiger partial charge < -0.3 is 94.7 Å². The van der Waals surface area contributed by atoms with E-state index in [2.05, 4.69) is 0 Å². The van der Waals surface area contributed by atoms with Crippen LogP contribution in [0.25, 0.3) is 0 Å². The number of carbonyl (C=O) groups is 15. The Bertz CT molecular complexity index is 4310. The first-order valence-electron chi connectivity index (χ1n) is 28.6. The van der Waals surface area contributed by atoms with E-state index in [-0.39, 0.29) is 17.2 Å². The van der Waals surface area contributed by atoms with E-state index in [0.717, 1.165) is 171 Å². The smallest absolute Gasteiger partial charge is 0.308 e. The van der Waals surface area contributed by atoms with Crippen LogP contribution in [0.5, 0.6) is 144 Å². The summed E-state index contributed by atoms with van der Waals surface area (Å²) in [6, 6.07) is 10.0. The molecule has 0 atom stereocenters.